The van der Waals surface area contributed by atoms with Gasteiger partial charge < -0.3 is 10.1 Å². The van der Waals surface area contributed by atoms with Crippen molar-refractivity contribution < 1.29 is 14.3 Å². The van der Waals surface area contributed by atoms with Crippen molar-refractivity contribution in [3.8, 4) is 5.75 Å². The Labute approximate surface area is 173 Å². The topological polar surface area (TPSA) is 58.6 Å². The van der Waals surface area contributed by atoms with E-state index in [-0.39, 0.29) is 5.70 Å². The molecule has 0 saturated heterocycles. The number of anilines is 2. The monoisotopic (exact) mass is 404 g/mol. The standard InChI is InChI=1S/C23H17ClN2O3/c1-29-19-13-12-16(24)14-18(19)25-21-20(15-8-4-2-5-9-15)22(27)26(23(21)28)17-10-6-3-7-11-17/h2-14,25H,1H3. The lowest BCUT2D eigenvalue weighted by Gasteiger charge is -2.16. The van der Waals surface area contributed by atoms with Crippen molar-refractivity contribution in [2.45, 2.75) is 0 Å². The molecule has 29 heavy (non-hydrogen) atoms. The number of hydrogen-bond donors (Lipinski definition) is 1. The van der Waals surface area contributed by atoms with Crippen molar-refractivity contribution in [3.63, 3.8) is 0 Å². The predicted molar refractivity (Wildman–Crippen MR) is 114 cm³/mol. The van der Waals surface area contributed by atoms with E-state index in [9.17, 15) is 9.59 Å². The summed E-state index contributed by atoms with van der Waals surface area (Å²) in [5.74, 6) is -0.328. The number of rotatable bonds is 5. The lowest BCUT2D eigenvalue weighted by molar-refractivity contribution is -0.120. The van der Waals surface area contributed by atoms with Crippen molar-refractivity contribution in [3.05, 3.63) is 95.1 Å². The van der Waals surface area contributed by atoms with E-state index in [1.165, 1.54) is 12.0 Å². The average Bonchev–Trinajstić information content (AvgIpc) is 2.99. The van der Waals surface area contributed by atoms with Gasteiger partial charge >= 0.3 is 0 Å². The second-order valence-corrected chi connectivity index (χ2v) is 6.80. The summed E-state index contributed by atoms with van der Waals surface area (Å²) >= 11 is 6.13. The fourth-order valence-corrected chi connectivity index (χ4v) is 3.41. The number of nitrogens with zero attached hydrogens (tertiary/aromatic N) is 1. The van der Waals surface area contributed by atoms with Gasteiger partial charge in [0.25, 0.3) is 11.8 Å². The van der Waals surface area contributed by atoms with E-state index in [4.69, 9.17) is 16.3 Å². The van der Waals surface area contributed by atoms with Crippen LogP contribution in [0, 0.1) is 0 Å². The molecule has 2 amide bonds. The molecule has 0 aromatic heterocycles. The molecule has 0 unspecified atom stereocenters. The molecule has 0 atom stereocenters. The Balaban J connectivity index is 1.85. The highest BCUT2D eigenvalue weighted by Crippen LogP contribution is 2.36. The van der Waals surface area contributed by atoms with E-state index < -0.39 is 11.8 Å². The molecule has 0 fully saturated rings. The number of ether oxygens (including phenoxy) is 1. The second kappa shape index (κ2) is 7.81. The minimum atomic E-state index is -0.443. The van der Waals surface area contributed by atoms with E-state index >= 15 is 0 Å². The molecule has 1 aliphatic heterocycles. The van der Waals surface area contributed by atoms with Gasteiger partial charge in [0.2, 0.25) is 0 Å². The summed E-state index contributed by atoms with van der Waals surface area (Å²) < 4.78 is 5.37. The molecular weight excluding hydrogens is 388 g/mol. The van der Waals surface area contributed by atoms with Crippen LogP contribution in [-0.4, -0.2) is 18.9 Å². The average molecular weight is 405 g/mol. The highest BCUT2D eigenvalue weighted by atomic mass is 35.5. The highest BCUT2D eigenvalue weighted by molar-refractivity contribution is 6.46. The Hall–Kier alpha value is -3.57. The first-order valence-electron chi connectivity index (χ1n) is 8.94. The molecule has 1 aliphatic rings. The molecule has 0 saturated carbocycles. The van der Waals surface area contributed by atoms with Crippen LogP contribution in [0.1, 0.15) is 5.56 Å². The van der Waals surface area contributed by atoms with Crippen LogP contribution in [0.15, 0.2) is 84.6 Å². The third kappa shape index (κ3) is 3.48. The predicted octanol–water partition coefficient (Wildman–Crippen LogP) is 4.75. The molecule has 0 spiro atoms. The molecule has 3 aromatic rings. The Morgan fingerprint density at radius 2 is 1.52 bits per heavy atom. The molecule has 6 heteroatoms. The van der Waals surface area contributed by atoms with Gasteiger partial charge in [0.05, 0.1) is 24.1 Å². The molecule has 144 valence electrons. The summed E-state index contributed by atoms with van der Waals surface area (Å²) in [5, 5.41) is 3.57. The number of nitrogens with one attached hydrogen (secondary N) is 1. The van der Waals surface area contributed by atoms with E-state index in [1.807, 2.05) is 24.3 Å². The van der Waals surface area contributed by atoms with Crippen LogP contribution in [0.25, 0.3) is 5.57 Å². The van der Waals surface area contributed by atoms with Crippen LogP contribution in [0.2, 0.25) is 5.02 Å². The summed E-state index contributed by atoms with van der Waals surface area (Å²) in [7, 11) is 1.53. The van der Waals surface area contributed by atoms with Gasteiger partial charge in [-0.2, -0.15) is 0 Å². The Bertz CT molecular complexity index is 1110. The van der Waals surface area contributed by atoms with Crippen molar-refractivity contribution >= 4 is 40.4 Å². The molecule has 3 aromatic carbocycles. The number of para-hydroxylation sites is 1. The third-order valence-corrected chi connectivity index (χ3v) is 4.82. The summed E-state index contributed by atoms with van der Waals surface area (Å²) in [6.45, 7) is 0. The summed E-state index contributed by atoms with van der Waals surface area (Å²) in [5.41, 5.74) is 2.12. The second-order valence-electron chi connectivity index (χ2n) is 6.37. The lowest BCUT2D eigenvalue weighted by Crippen LogP contribution is -2.32. The molecular formula is C23H17ClN2O3. The van der Waals surface area contributed by atoms with Crippen molar-refractivity contribution in [2.24, 2.45) is 0 Å². The zero-order chi connectivity index (χ0) is 20.4. The summed E-state index contributed by atoms with van der Waals surface area (Å²) in [6.07, 6.45) is 0. The first-order chi connectivity index (χ1) is 14.1. The molecule has 1 N–H and O–H groups in total. The van der Waals surface area contributed by atoms with Crippen LogP contribution in [0.3, 0.4) is 0 Å². The van der Waals surface area contributed by atoms with E-state index in [0.717, 1.165) is 0 Å². The fourth-order valence-electron chi connectivity index (χ4n) is 3.24. The molecule has 0 bridgehead atoms. The molecule has 5 nitrogen and oxygen atoms in total. The normalized spacial score (nSPS) is 13.8. The molecule has 1 heterocycles. The number of imide groups is 1. The van der Waals surface area contributed by atoms with Gasteiger partial charge in [-0.15, -0.1) is 0 Å². The van der Waals surface area contributed by atoms with Crippen LogP contribution in [0.4, 0.5) is 11.4 Å². The van der Waals surface area contributed by atoms with Crippen LogP contribution in [-0.2, 0) is 9.59 Å². The number of benzene rings is 3. The maximum Gasteiger partial charge on any atom is 0.282 e. The highest BCUT2D eigenvalue weighted by Gasteiger charge is 2.40. The molecule has 0 radical (unpaired) electrons. The minimum Gasteiger partial charge on any atom is -0.495 e. The Morgan fingerprint density at radius 3 is 2.17 bits per heavy atom. The van der Waals surface area contributed by atoms with Crippen LogP contribution < -0.4 is 15.0 Å². The maximum atomic E-state index is 13.3. The number of amides is 2. The van der Waals surface area contributed by atoms with Gasteiger partial charge in [0.1, 0.15) is 11.4 Å². The SMILES string of the molecule is COc1ccc(Cl)cc1NC1=C(c2ccccc2)C(=O)N(c2ccccc2)C1=O. The largest absolute Gasteiger partial charge is 0.495 e. The Kier molecular flexibility index (Phi) is 5.06. The first kappa shape index (κ1) is 18.8. The summed E-state index contributed by atoms with van der Waals surface area (Å²) in [6, 6.07) is 23.0. The lowest BCUT2D eigenvalue weighted by atomic mass is 10.0. The number of halogens is 1. The van der Waals surface area contributed by atoms with Crippen molar-refractivity contribution in [1.29, 1.82) is 0 Å². The zero-order valence-electron chi connectivity index (χ0n) is 15.6. The minimum absolute atomic E-state index is 0.172. The Morgan fingerprint density at radius 1 is 0.862 bits per heavy atom. The molecule has 0 aliphatic carbocycles. The number of hydrogen-bond acceptors (Lipinski definition) is 4. The van der Waals surface area contributed by atoms with Gasteiger partial charge in [-0.25, -0.2) is 4.90 Å². The zero-order valence-corrected chi connectivity index (χ0v) is 16.3. The van der Waals surface area contributed by atoms with Gasteiger partial charge in [0, 0.05) is 5.02 Å². The first-order valence-corrected chi connectivity index (χ1v) is 9.32. The van der Waals surface area contributed by atoms with E-state index in [1.54, 1.807) is 54.6 Å². The van der Waals surface area contributed by atoms with Crippen molar-refractivity contribution in [1.82, 2.24) is 0 Å². The van der Waals surface area contributed by atoms with Gasteiger partial charge in [-0.05, 0) is 35.9 Å². The number of methoxy groups -OCH3 is 1. The fraction of sp³-hybridized carbons (Fsp3) is 0.0435. The van der Waals surface area contributed by atoms with Crippen LogP contribution in [0.5, 0.6) is 5.75 Å². The third-order valence-electron chi connectivity index (χ3n) is 4.58. The van der Waals surface area contributed by atoms with Crippen molar-refractivity contribution in [2.75, 3.05) is 17.3 Å². The van der Waals surface area contributed by atoms with Gasteiger partial charge in [-0.3, -0.25) is 9.59 Å². The van der Waals surface area contributed by atoms with E-state index in [2.05, 4.69) is 5.32 Å². The van der Waals surface area contributed by atoms with Crippen LogP contribution >= 0.6 is 11.6 Å². The quantitative estimate of drug-likeness (QED) is 0.624. The maximum absolute atomic E-state index is 13.3. The number of carbonyl (C=O) groups excluding carboxylic acids is 2. The van der Waals surface area contributed by atoms with E-state index in [0.29, 0.717) is 33.3 Å². The molecule has 4 rings (SSSR count). The summed E-state index contributed by atoms with van der Waals surface area (Å²) in [4.78, 5) is 27.8. The number of carbonyl (C=O) groups is 2. The van der Waals surface area contributed by atoms with Gasteiger partial charge in [-0.1, -0.05) is 60.1 Å². The smallest absolute Gasteiger partial charge is 0.282 e. The van der Waals surface area contributed by atoms with Gasteiger partial charge in [0.15, 0.2) is 0 Å².